The zero-order valence-corrected chi connectivity index (χ0v) is 7.27. The standard InChI is InChI=1S/C8H9BN2O2/c1-11-8(9-12)5-6(10-11)7-3-2-4-13-7/h2-5,9,12H,1H3. The Kier molecular flexibility index (Phi) is 1.94. The van der Waals surface area contributed by atoms with Gasteiger partial charge in [0.15, 0.2) is 5.76 Å². The fourth-order valence-electron chi connectivity index (χ4n) is 1.20. The van der Waals surface area contributed by atoms with Crippen molar-refractivity contribution in [1.82, 2.24) is 9.78 Å². The lowest BCUT2D eigenvalue weighted by Gasteiger charge is -1.91. The SMILES string of the molecule is Cn1nc(-c2ccco2)cc1BO. The number of aromatic nitrogens is 2. The molecule has 4 nitrogen and oxygen atoms in total. The van der Waals surface area contributed by atoms with Crippen LogP contribution in [0.3, 0.4) is 0 Å². The molecule has 0 saturated carbocycles. The molecule has 2 heterocycles. The van der Waals surface area contributed by atoms with Crippen LogP contribution in [0.15, 0.2) is 28.9 Å². The summed E-state index contributed by atoms with van der Waals surface area (Å²) in [5.74, 6) is 0.718. The van der Waals surface area contributed by atoms with Gasteiger partial charge in [-0.05, 0) is 18.2 Å². The summed E-state index contributed by atoms with van der Waals surface area (Å²) in [4.78, 5) is 0. The van der Waals surface area contributed by atoms with Crippen LogP contribution in [0.25, 0.3) is 11.5 Å². The molecule has 2 rings (SSSR count). The number of hydrogen-bond acceptors (Lipinski definition) is 3. The summed E-state index contributed by atoms with van der Waals surface area (Å²) in [6, 6.07) is 5.45. The van der Waals surface area contributed by atoms with Crippen molar-refractivity contribution in [2.24, 2.45) is 7.05 Å². The van der Waals surface area contributed by atoms with Gasteiger partial charge in [-0.3, -0.25) is 4.68 Å². The molecule has 0 aliphatic carbocycles. The first kappa shape index (κ1) is 8.13. The fraction of sp³-hybridized carbons (Fsp3) is 0.125. The van der Waals surface area contributed by atoms with E-state index in [1.807, 2.05) is 12.1 Å². The molecule has 2 aromatic rings. The van der Waals surface area contributed by atoms with Crippen LogP contribution in [0.4, 0.5) is 0 Å². The molecule has 13 heavy (non-hydrogen) atoms. The second kappa shape index (κ2) is 3.10. The smallest absolute Gasteiger partial charge is 0.324 e. The van der Waals surface area contributed by atoms with Crippen molar-refractivity contribution >= 4 is 13.1 Å². The van der Waals surface area contributed by atoms with Crippen molar-refractivity contribution < 1.29 is 9.44 Å². The molecule has 0 aliphatic rings. The van der Waals surface area contributed by atoms with E-state index < -0.39 is 0 Å². The number of aryl methyl sites for hydroxylation is 1. The highest BCUT2D eigenvalue weighted by atomic mass is 16.3. The van der Waals surface area contributed by atoms with Crippen molar-refractivity contribution in [2.45, 2.75) is 0 Å². The molecule has 0 radical (unpaired) electrons. The maximum absolute atomic E-state index is 8.94. The quantitative estimate of drug-likeness (QED) is 0.636. The third-order valence-electron chi connectivity index (χ3n) is 1.91. The zero-order valence-electron chi connectivity index (χ0n) is 7.27. The third kappa shape index (κ3) is 1.38. The lowest BCUT2D eigenvalue weighted by atomic mass is 9.96. The van der Waals surface area contributed by atoms with Crippen LogP contribution in [0.1, 0.15) is 0 Å². The molecular formula is C8H9BN2O2. The zero-order chi connectivity index (χ0) is 9.26. The highest BCUT2D eigenvalue weighted by molar-refractivity contribution is 6.44. The van der Waals surface area contributed by atoms with Gasteiger partial charge in [0.25, 0.3) is 0 Å². The summed E-state index contributed by atoms with van der Waals surface area (Å²) >= 11 is 0. The Hall–Kier alpha value is -1.49. The molecule has 66 valence electrons. The van der Waals surface area contributed by atoms with E-state index in [1.54, 1.807) is 24.1 Å². The van der Waals surface area contributed by atoms with Gasteiger partial charge in [-0.25, -0.2) is 0 Å². The molecule has 5 heteroatoms. The molecule has 0 atom stereocenters. The maximum atomic E-state index is 8.94. The van der Waals surface area contributed by atoms with Crippen molar-refractivity contribution in [2.75, 3.05) is 0 Å². The first-order chi connectivity index (χ1) is 6.31. The first-order valence-electron chi connectivity index (χ1n) is 3.99. The minimum Gasteiger partial charge on any atom is -0.463 e. The van der Waals surface area contributed by atoms with Gasteiger partial charge in [-0.1, -0.05) is 0 Å². The summed E-state index contributed by atoms with van der Waals surface area (Å²) in [6.07, 6.45) is 1.60. The molecule has 0 saturated heterocycles. The highest BCUT2D eigenvalue weighted by Crippen LogP contribution is 2.15. The van der Waals surface area contributed by atoms with E-state index in [2.05, 4.69) is 5.10 Å². The normalized spacial score (nSPS) is 10.3. The molecule has 1 N–H and O–H groups in total. The average molecular weight is 176 g/mol. The maximum Gasteiger partial charge on any atom is 0.324 e. The third-order valence-corrected chi connectivity index (χ3v) is 1.91. The predicted octanol–water partition coefficient (Wildman–Crippen LogP) is -0.351. The van der Waals surface area contributed by atoms with Gasteiger partial charge in [-0.15, -0.1) is 0 Å². The summed E-state index contributed by atoms with van der Waals surface area (Å²) in [6.45, 7) is 0. The summed E-state index contributed by atoms with van der Waals surface area (Å²) in [5, 5.41) is 13.1. The van der Waals surface area contributed by atoms with E-state index in [0.717, 1.165) is 17.0 Å². The molecule has 0 amide bonds. The van der Waals surface area contributed by atoms with Crippen LogP contribution in [0.2, 0.25) is 0 Å². The molecule has 2 aromatic heterocycles. The van der Waals surface area contributed by atoms with Gasteiger partial charge < -0.3 is 9.44 Å². The van der Waals surface area contributed by atoms with E-state index in [4.69, 9.17) is 9.44 Å². The van der Waals surface area contributed by atoms with Crippen LogP contribution in [0.5, 0.6) is 0 Å². The van der Waals surface area contributed by atoms with Gasteiger partial charge >= 0.3 is 7.48 Å². The Balaban J connectivity index is 2.43. The molecule has 0 unspecified atom stereocenters. The Bertz CT molecular complexity index is 394. The minimum atomic E-state index is -0.00971. The number of nitrogens with zero attached hydrogens (tertiary/aromatic N) is 2. The topological polar surface area (TPSA) is 51.2 Å². The molecular weight excluding hydrogens is 167 g/mol. The van der Waals surface area contributed by atoms with Crippen LogP contribution in [0, 0.1) is 0 Å². The Morgan fingerprint density at radius 1 is 1.62 bits per heavy atom. The number of hydrogen-bond donors (Lipinski definition) is 1. The monoisotopic (exact) mass is 176 g/mol. The van der Waals surface area contributed by atoms with Crippen molar-refractivity contribution in [3.63, 3.8) is 0 Å². The number of rotatable bonds is 2. The predicted molar refractivity (Wildman–Crippen MR) is 49.9 cm³/mol. The van der Waals surface area contributed by atoms with E-state index >= 15 is 0 Å². The molecule has 0 aromatic carbocycles. The first-order valence-corrected chi connectivity index (χ1v) is 3.99. The van der Waals surface area contributed by atoms with E-state index in [9.17, 15) is 0 Å². The van der Waals surface area contributed by atoms with Gasteiger partial charge in [0, 0.05) is 12.6 Å². The second-order valence-electron chi connectivity index (χ2n) is 2.78. The summed E-state index contributed by atoms with van der Waals surface area (Å²) in [5.41, 5.74) is 1.52. The van der Waals surface area contributed by atoms with Crippen LogP contribution < -0.4 is 5.59 Å². The molecule has 0 bridgehead atoms. The molecule has 0 fully saturated rings. The second-order valence-corrected chi connectivity index (χ2v) is 2.78. The Morgan fingerprint density at radius 3 is 3.00 bits per heavy atom. The van der Waals surface area contributed by atoms with Crippen LogP contribution >= 0.6 is 0 Å². The lowest BCUT2D eigenvalue weighted by Crippen LogP contribution is -2.21. The van der Waals surface area contributed by atoms with E-state index in [0.29, 0.717) is 0 Å². The minimum absolute atomic E-state index is 0.00971. The van der Waals surface area contributed by atoms with Gasteiger partial charge in [0.05, 0.1) is 6.26 Å². The fourth-order valence-corrected chi connectivity index (χ4v) is 1.20. The number of furan rings is 1. The Labute approximate surface area is 76.1 Å². The highest BCUT2D eigenvalue weighted by Gasteiger charge is 2.08. The average Bonchev–Trinajstić information content (AvgIpc) is 2.71. The Morgan fingerprint density at radius 2 is 2.46 bits per heavy atom. The largest absolute Gasteiger partial charge is 0.463 e. The lowest BCUT2D eigenvalue weighted by molar-refractivity contribution is 0.578. The summed E-state index contributed by atoms with van der Waals surface area (Å²) < 4.78 is 6.81. The van der Waals surface area contributed by atoms with Gasteiger partial charge in [0.1, 0.15) is 5.69 Å². The summed E-state index contributed by atoms with van der Waals surface area (Å²) in [7, 11) is 1.78. The van der Waals surface area contributed by atoms with Crippen molar-refractivity contribution in [3.05, 3.63) is 24.5 Å². The van der Waals surface area contributed by atoms with Gasteiger partial charge in [-0.2, -0.15) is 5.10 Å². The van der Waals surface area contributed by atoms with E-state index in [-0.39, 0.29) is 7.48 Å². The van der Waals surface area contributed by atoms with Gasteiger partial charge in [0.2, 0.25) is 0 Å². The van der Waals surface area contributed by atoms with Crippen molar-refractivity contribution in [3.8, 4) is 11.5 Å². The van der Waals surface area contributed by atoms with Crippen LogP contribution in [-0.2, 0) is 7.05 Å². The molecule has 0 aliphatic heterocycles. The van der Waals surface area contributed by atoms with Crippen molar-refractivity contribution in [1.29, 1.82) is 0 Å². The van der Waals surface area contributed by atoms with E-state index in [1.165, 1.54) is 0 Å². The molecule has 0 spiro atoms. The van der Waals surface area contributed by atoms with Crippen LogP contribution in [-0.4, -0.2) is 22.3 Å².